The normalized spacial score (nSPS) is 18.8. The summed E-state index contributed by atoms with van der Waals surface area (Å²) < 4.78 is 10.8. The van der Waals surface area contributed by atoms with Gasteiger partial charge in [0.1, 0.15) is 11.9 Å². The molecule has 0 spiro atoms. The largest absolute Gasteiger partial charge is 0.454 e. The van der Waals surface area contributed by atoms with Crippen LogP contribution in [0.1, 0.15) is 31.7 Å². The molecule has 46 heavy (non-hydrogen) atoms. The van der Waals surface area contributed by atoms with Crippen LogP contribution in [0, 0.1) is 0 Å². The summed E-state index contributed by atoms with van der Waals surface area (Å²) in [7, 11) is 0. The minimum atomic E-state index is -0.682. The zero-order chi connectivity index (χ0) is 31.6. The molecule has 2 unspecified atom stereocenters. The number of para-hydroxylation sites is 2. The number of aliphatic imine (C=N–C) groups is 2. The number of thioether (sulfide) groups is 1. The number of anilines is 2. The van der Waals surface area contributed by atoms with Crippen molar-refractivity contribution in [2.24, 2.45) is 9.98 Å². The van der Waals surface area contributed by atoms with Crippen LogP contribution in [0.15, 0.2) is 82.8 Å². The van der Waals surface area contributed by atoms with E-state index in [0.29, 0.717) is 59.8 Å². The summed E-state index contributed by atoms with van der Waals surface area (Å²) in [6.07, 6.45) is 1.03. The first-order valence-electron chi connectivity index (χ1n) is 15.5. The van der Waals surface area contributed by atoms with Crippen molar-refractivity contribution in [3.05, 3.63) is 78.4 Å². The Morgan fingerprint density at radius 3 is 2.52 bits per heavy atom. The number of piperazine rings is 1. The fourth-order valence-corrected chi connectivity index (χ4v) is 7.14. The number of benzene rings is 3. The highest BCUT2D eigenvalue weighted by Gasteiger charge is 2.43. The molecule has 3 aromatic carbocycles. The number of carbonyl (C=O) groups is 3. The Balaban J connectivity index is 1.04. The van der Waals surface area contributed by atoms with Crippen LogP contribution in [0.4, 0.5) is 17.1 Å². The van der Waals surface area contributed by atoms with Gasteiger partial charge in [0, 0.05) is 55.6 Å². The van der Waals surface area contributed by atoms with E-state index in [1.165, 1.54) is 11.8 Å². The number of amidine groups is 2. The monoisotopic (exact) mass is 638 g/mol. The Bertz CT molecular complexity index is 1720. The van der Waals surface area contributed by atoms with Gasteiger partial charge in [-0.2, -0.15) is 4.99 Å². The topological polar surface area (TPSA) is 116 Å². The van der Waals surface area contributed by atoms with E-state index in [4.69, 9.17) is 14.5 Å². The Kier molecular flexibility index (Phi) is 8.35. The minimum Gasteiger partial charge on any atom is -0.454 e. The highest BCUT2D eigenvalue weighted by Crippen LogP contribution is 2.38. The average Bonchev–Trinajstić information content (AvgIpc) is 3.70. The second-order valence-corrected chi connectivity index (χ2v) is 12.6. The van der Waals surface area contributed by atoms with E-state index in [2.05, 4.69) is 27.3 Å². The minimum absolute atomic E-state index is 0.0204. The lowest BCUT2D eigenvalue weighted by molar-refractivity contribution is -0.132. The lowest BCUT2D eigenvalue weighted by atomic mass is 10.1. The lowest BCUT2D eigenvalue weighted by Gasteiger charge is -2.36. The van der Waals surface area contributed by atoms with Crippen molar-refractivity contribution in [2.45, 2.75) is 37.5 Å². The number of ether oxygens (including phenoxy) is 2. The molecule has 4 aliphatic heterocycles. The molecule has 1 fully saturated rings. The molecule has 0 saturated carbocycles. The number of nitrogens with one attached hydrogen (secondary N) is 1. The van der Waals surface area contributed by atoms with Crippen molar-refractivity contribution >= 4 is 57.5 Å². The molecule has 12 heteroatoms. The van der Waals surface area contributed by atoms with E-state index in [9.17, 15) is 14.4 Å². The molecule has 236 valence electrons. The fraction of sp³-hybridized carbons (Fsp3) is 0.324. The Morgan fingerprint density at radius 1 is 0.957 bits per heavy atom. The summed E-state index contributed by atoms with van der Waals surface area (Å²) in [6.45, 7) is 4.86. The number of hydrogen-bond donors (Lipinski definition) is 1. The van der Waals surface area contributed by atoms with Gasteiger partial charge in [-0.25, -0.2) is 4.99 Å². The predicted molar refractivity (Wildman–Crippen MR) is 178 cm³/mol. The molecule has 4 heterocycles. The van der Waals surface area contributed by atoms with Gasteiger partial charge >= 0.3 is 0 Å². The molecule has 11 nitrogen and oxygen atoms in total. The molecule has 3 amide bonds. The number of amides is 3. The van der Waals surface area contributed by atoms with Crippen molar-refractivity contribution in [1.29, 1.82) is 0 Å². The fourth-order valence-electron chi connectivity index (χ4n) is 6.08. The lowest BCUT2D eigenvalue weighted by Crippen LogP contribution is -2.49. The van der Waals surface area contributed by atoms with Crippen molar-refractivity contribution in [1.82, 2.24) is 9.80 Å². The number of carbonyl (C=O) groups excluding carboxylic acids is 3. The van der Waals surface area contributed by atoms with Gasteiger partial charge in [0.15, 0.2) is 16.7 Å². The number of hydrogen-bond acceptors (Lipinski definition) is 9. The van der Waals surface area contributed by atoms with Crippen LogP contribution in [-0.4, -0.2) is 82.8 Å². The summed E-state index contributed by atoms with van der Waals surface area (Å²) in [5.74, 6) is 1.25. The maximum absolute atomic E-state index is 13.5. The van der Waals surface area contributed by atoms with Gasteiger partial charge in [0.25, 0.3) is 5.91 Å². The third-order valence-corrected chi connectivity index (χ3v) is 9.88. The molecule has 0 aliphatic carbocycles. The summed E-state index contributed by atoms with van der Waals surface area (Å²) in [5, 5.41) is 2.99. The molecule has 2 atom stereocenters. The first-order valence-corrected chi connectivity index (χ1v) is 16.4. The van der Waals surface area contributed by atoms with Crippen LogP contribution < -0.4 is 19.7 Å². The molecule has 0 aromatic heterocycles. The third kappa shape index (κ3) is 5.92. The van der Waals surface area contributed by atoms with Gasteiger partial charge in [0.05, 0.1) is 10.9 Å². The van der Waals surface area contributed by atoms with E-state index < -0.39 is 11.3 Å². The van der Waals surface area contributed by atoms with E-state index in [1.54, 1.807) is 18.2 Å². The van der Waals surface area contributed by atoms with E-state index in [-0.39, 0.29) is 30.9 Å². The molecular weight excluding hydrogens is 604 g/mol. The SMILES string of the molecule is CCC(SC1=Nc2ccccc2C2=NC(=O)C(CCC(=O)N3CCN(c4ccccc4)CC3)N12)C(=O)Nc1ccc2c(c1)OCO2. The van der Waals surface area contributed by atoms with Crippen molar-refractivity contribution in [3.8, 4) is 11.5 Å². The van der Waals surface area contributed by atoms with Crippen LogP contribution in [0.5, 0.6) is 11.5 Å². The number of nitrogens with zero attached hydrogens (tertiary/aromatic N) is 5. The maximum Gasteiger partial charge on any atom is 0.270 e. The quantitative estimate of drug-likeness (QED) is 0.379. The summed E-state index contributed by atoms with van der Waals surface area (Å²) >= 11 is 1.30. The number of rotatable bonds is 8. The third-order valence-electron chi connectivity index (χ3n) is 8.54. The second kappa shape index (κ2) is 12.9. The highest BCUT2D eigenvalue weighted by molar-refractivity contribution is 8.15. The molecule has 1 N–H and O–H groups in total. The van der Waals surface area contributed by atoms with Crippen LogP contribution in [0.25, 0.3) is 0 Å². The maximum atomic E-state index is 13.5. The van der Waals surface area contributed by atoms with Gasteiger partial charge in [0.2, 0.25) is 18.6 Å². The molecule has 3 aromatic rings. The van der Waals surface area contributed by atoms with Gasteiger partial charge in [-0.3, -0.25) is 19.3 Å². The van der Waals surface area contributed by atoms with Crippen LogP contribution in [-0.2, 0) is 14.4 Å². The van der Waals surface area contributed by atoms with Crippen LogP contribution in [0.3, 0.4) is 0 Å². The molecule has 4 aliphatic rings. The zero-order valence-electron chi connectivity index (χ0n) is 25.4. The molecule has 0 bridgehead atoms. The Morgan fingerprint density at radius 2 is 1.72 bits per heavy atom. The zero-order valence-corrected chi connectivity index (χ0v) is 26.2. The smallest absolute Gasteiger partial charge is 0.270 e. The predicted octanol–water partition coefficient (Wildman–Crippen LogP) is 4.65. The summed E-state index contributed by atoms with van der Waals surface area (Å²) in [4.78, 5) is 55.5. The Hall–Kier alpha value is -4.84. The van der Waals surface area contributed by atoms with Crippen LogP contribution in [0.2, 0.25) is 0 Å². The van der Waals surface area contributed by atoms with Gasteiger partial charge in [-0.1, -0.05) is 49.0 Å². The van der Waals surface area contributed by atoms with Gasteiger partial charge in [-0.05, 0) is 49.2 Å². The van der Waals surface area contributed by atoms with E-state index in [0.717, 1.165) is 24.3 Å². The highest BCUT2D eigenvalue weighted by atomic mass is 32.2. The first kappa shape index (κ1) is 29.8. The van der Waals surface area contributed by atoms with Gasteiger partial charge in [-0.15, -0.1) is 0 Å². The summed E-state index contributed by atoms with van der Waals surface area (Å²) in [5.41, 5.74) is 3.19. The van der Waals surface area contributed by atoms with E-state index in [1.807, 2.05) is 59.2 Å². The molecular formula is C34H34N6O5S. The number of fused-ring (bicyclic) bond motifs is 4. The standard InChI is InChI=1S/C34H34N6O5S/c1-2-29(33(43)35-22-12-14-27-28(20-22)45-21-44-27)46-34-36-25-11-7-6-10-24(25)31-37-32(42)26(40(31)34)13-15-30(41)39-18-16-38(17-19-39)23-8-4-3-5-9-23/h3-12,14,20,26,29H,2,13,15-19,21H2,1H3,(H,35,43). The molecule has 7 rings (SSSR count). The summed E-state index contributed by atoms with van der Waals surface area (Å²) in [6, 6.07) is 22.3. The van der Waals surface area contributed by atoms with Crippen molar-refractivity contribution in [2.75, 3.05) is 43.2 Å². The van der Waals surface area contributed by atoms with Gasteiger partial charge < -0.3 is 24.6 Å². The second-order valence-electron chi connectivity index (χ2n) is 11.4. The molecule has 1 saturated heterocycles. The average molecular weight is 639 g/mol. The molecule has 0 radical (unpaired) electrons. The first-order chi connectivity index (χ1) is 22.5. The van der Waals surface area contributed by atoms with E-state index >= 15 is 0 Å². The Labute approximate surface area is 271 Å². The van der Waals surface area contributed by atoms with Crippen molar-refractivity contribution in [3.63, 3.8) is 0 Å². The van der Waals surface area contributed by atoms with Crippen LogP contribution >= 0.6 is 11.8 Å². The van der Waals surface area contributed by atoms with Crippen molar-refractivity contribution < 1.29 is 23.9 Å².